The number of halogens is 1. The van der Waals surface area contributed by atoms with Crippen molar-refractivity contribution >= 4 is 5.78 Å². The molecule has 0 spiro atoms. The number of rotatable bonds is 11. The molecule has 1 aromatic heterocycles. The number of aliphatic hydroxyl groups excluding tert-OH is 1. The van der Waals surface area contributed by atoms with Gasteiger partial charge in [-0.15, -0.1) is 0 Å². The Morgan fingerprint density at radius 1 is 1.08 bits per heavy atom. The fraction of sp³-hybridized carbons (Fsp3) is 0.379. The van der Waals surface area contributed by atoms with Crippen LogP contribution in [-0.4, -0.2) is 40.8 Å². The molecule has 0 aliphatic carbocycles. The predicted octanol–water partition coefficient (Wildman–Crippen LogP) is 4.72. The van der Waals surface area contributed by atoms with Crippen LogP contribution in [0.1, 0.15) is 62.2 Å². The number of aromatic nitrogens is 1. The van der Waals surface area contributed by atoms with Gasteiger partial charge in [0.05, 0.1) is 24.6 Å². The molecule has 1 heterocycles. The van der Waals surface area contributed by atoms with Crippen LogP contribution in [0.4, 0.5) is 4.39 Å². The van der Waals surface area contributed by atoms with E-state index in [9.17, 15) is 19.4 Å². The summed E-state index contributed by atoms with van der Waals surface area (Å²) in [7, 11) is 1.47. The molecule has 37 heavy (non-hydrogen) atoms. The van der Waals surface area contributed by atoms with E-state index in [1.54, 1.807) is 50.2 Å². The Balaban J connectivity index is 1.84. The molecule has 2 aromatic carbocycles. The summed E-state index contributed by atoms with van der Waals surface area (Å²) in [6.45, 7) is 7.01. The third-order valence-corrected chi connectivity index (χ3v) is 6.07. The standard InChI is InChI=1S/C29H35FN2O5/c1-18(33)17-37-25-11-8-20(14-26(25)36-5)24(34)12-13-29(4,35)27-16-21(28(2,3)31)15-23(32-27)19-6-9-22(30)10-7-19/h6-11,14-16,18,33,35H,12-13,17,31H2,1-5H3/t18-,29?/m1/s1. The maximum Gasteiger partial charge on any atom is 0.163 e. The number of carbonyl (C=O) groups is 1. The van der Waals surface area contributed by atoms with Gasteiger partial charge < -0.3 is 25.4 Å². The summed E-state index contributed by atoms with van der Waals surface area (Å²) in [6.07, 6.45) is -0.485. The quantitative estimate of drug-likeness (QED) is 0.320. The number of hydrogen-bond acceptors (Lipinski definition) is 7. The minimum Gasteiger partial charge on any atom is -0.493 e. The molecule has 3 aromatic rings. The lowest BCUT2D eigenvalue weighted by molar-refractivity contribution is 0.0396. The first-order valence-corrected chi connectivity index (χ1v) is 12.1. The molecule has 0 aliphatic rings. The van der Waals surface area contributed by atoms with E-state index in [-0.39, 0.29) is 31.0 Å². The summed E-state index contributed by atoms with van der Waals surface area (Å²) >= 11 is 0. The second-order valence-corrected chi connectivity index (χ2v) is 10.1. The monoisotopic (exact) mass is 510 g/mol. The van der Waals surface area contributed by atoms with E-state index in [1.807, 2.05) is 19.9 Å². The Kier molecular flexibility index (Phi) is 8.68. The van der Waals surface area contributed by atoms with E-state index in [4.69, 9.17) is 15.2 Å². The molecule has 0 fully saturated rings. The molecular formula is C29H35FN2O5. The molecule has 2 atom stereocenters. The SMILES string of the molecule is COc1cc(C(=O)CCC(C)(O)c2cc(C(C)(C)N)cc(-c3ccc(F)cc3)n2)ccc1OC[C@@H](C)O. The highest BCUT2D eigenvalue weighted by molar-refractivity contribution is 5.96. The number of ether oxygens (including phenoxy) is 2. The number of carbonyl (C=O) groups excluding carboxylic acids is 1. The smallest absolute Gasteiger partial charge is 0.163 e. The van der Waals surface area contributed by atoms with Crippen molar-refractivity contribution in [1.82, 2.24) is 4.98 Å². The first-order chi connectivity index (χ1) is 17.3. The van der Waals surface area contributed by atoms with Gasteiger partial charge >= 0.3 is 0 Å². The molecule has 7 nitrogen and oxygen atoms in total. The van der Waals surface area contributed by atoms with Crippen LogP contribution in [0.25, 0.3) is 11.3 Å². The molecule has 8 heteroatoms. The summed E-state index contributed by atoms with van der Waals surface area (Å²) in [5.74, 6) is 0.256. The zero-order chi connectivity index (χ0) is 27.4. The lowest BCUT2D eigenvalue weighted by Crippen LogP contribution is -2.31. The summed E-state index contributed by atoms with van der Waals surface area (Å²) in [4.78, 5) is 17.6. The summed E-state index contributed by atoms with van der Waals surface area (Å²) in [5, 5.41) is 20.8. The minimum atomic E-state index is -1.43. The van der Waals surface area contributed by atoms with Crippen LogP contribution in [0.3, 0.4) is 0 Å². The van der Waals surface area contributed by atoms with Gasteiger partial charge in [-0.2, -0.15) is 0 Å². The van der Waals surface area contributed by atoms with Gasteiger partial charge in [-0.05, 0) is 94.3 Å². The molecule has 0 radical (unpaired) electrons. The molecule has 0 aliphatic heterocycles. The maximum absolute atomic E-state index is 13.5. The van der Waals surface area contributed by atoms with Crippen LogP contribution in [0.5, 0.6) is 11.5 Å². The van der Waals surface area contributed by atoms with E-state index >= 15 is 0 Å². The lowest BCUT2D eigenvalue weighted by atomic mass is 9.88. The highest BCUT2D eigenvalue weighted by Crippen LogP contribution is 2.33. The summed E-state index contributed by atoms with van der Waals surface area (Å²) in [5.41, 5.74) is 6.98. The summed E-state index contributed by atoms with van der Waals surface area (Å²) in [6, 6.07) is 14.3. The van der Waals surface area contributed by atoms with Crippen molar-refractivity contribution in [3.05, 3.63) is 77.2 Å². The fourth-order valence-electron chi connectivity index (χ4n) is 3.75. The minimum absolute atomic E-state index is 0.0494. The molecule has 3 rings (SSSR count). The molecule has 198 valence electrons. The topological polar surface area (TPSA) is 115 Å². The number of hydrogen-bond donors (Lipinski definition) is 3. The highest BCUT2D eigenvalue weighted by Gasteiger charge is 2.29. The van der Waals surface area contributed by atoms with Crippen molar-refractivity contribution in [2.24, 2.45) is 5.73 Å². The van der Waals surface area contributed by atoms with Crippen LogP contribution in [0.15, 0.2) is 54.6 Å². The number of aliphatic hydroxyl groups is 2. The first-order valence-electron chi connectivity index (χ1n) is 12.1. The number of Topliss-reactive ketones (excluding diaryl/α,β-unsaturated/α-hetero) is 1. The first kappa shape index (κ1) is 28.2. The summed E-state index contributed by atoms with van der Waals surface area (Å²) < 4.78 is 24.3. The van der Waals surface area contributed by atoms with Gasteiger partial charge in [-0.3, -0.25) is 4.79 Å². The Morgan fingerprint density at radius 2 is 1.76 bits per heavy atom. The van der Waals surface area contributed by atoms with Gasteiger partial charge in [0.15, 0.2) is 17.3 Å². The van der Waals surface area contributed by atoms with Gasteiger partial charge in [-0.1, -0.05) is 0 Å². The second-order valence-electron chi connectivity index (χ2n) is 10.1. The maximum atomic E-state index is 13.5. The number of methoxy groups -OCH3 is 1. The number of ketones is 1. The molecule has 0 amide bonds. The van der Waals surface area contributed by atoms with E-state index in [1.165, 1.54) is 19.2 Å². The molecule has 4 N–H and O–H groups in total. The van der Waals surface area contributed by atoms with Crippen molar-refractivity contribution in [2.45, 2.75) is 57.8 Å². The van der Waals surface area contributed by atoms with E-state index in [2.05, 4.69) is 4.98 Å². The van der Waals surface area contributed by atoms with Crippen molar-refractivity contribution in [3.8, 4) is 22.8 Å². The third kappa shape index (κ3) is 7.35. The van der Waals surface area contributed by atoms with Crippen molar-refractivity contribution < 1.29 is 28.9 Å². The van der Waals surface area contributed by atoms with E-state index in [0.717, 1.165) is 5.56 Å². The largest absolute Gasteiger partial charge is 0.493 e. The van der Waals surface area contributed by atoms with Gasteiger partial charge in [0, 0.05) is 23.1 Å². The molecule has 1 unspecified atom stereocenters. The van der Waals surface area contributed by atoms with Gasteiger partial charge in [0.25, 0.3) is 0 Å². The highest BCUT2D eigenvalue weighted by atomic mass is 19.1. The molecule has 0 bridgehead atoms. The van der Waals surface area contributed by atoms with Crippen molar-refractivity contribution in [2.75, 3.05) is 13.7 Å². The normalized spacial score (nSPS) is 14.1. The average Bonchev–Trinajstić information content (AvgIpc) is 2.85. The Bertz CT molecular complexity index is 1230. The van der Waals surface area contributed by atoms with Crippen LogP contribution >= 0.6 is 0 Å². The lowest BCUT2D eigenvalue weighted by Gasteiger charge is -2.27. The molecule has 0 saturated heterocycles. The van der Waals surface area contributed by atoms with Gasteiger partial charge in [-0.25, -0.2) is 9.37 Å². The van der Waals surface area contributed by atoms with Crippen LogP contribution in [0.2, 0.25) is 0 Å². The van der Waals surface area contributed by atoms with Gasteiger partial charge in [0.1, 0.15) is 18.0 Å². The number of pyridine rings is 1. The van der Waals surface area contributed by atoms with Crippen LogP contribution < -0.4 is 15.2 Å². The Labute approximate surface area is 217 Å². The van der Waals surface area contributed by atoms with Crippen molar-refractivity contribution in [1.29, 1.82) is 0 Å². The Hall–Kier alpha value is -3.33. The van der Waals surface area contributed by atoms with Gasteiger partial charge in [0.2, 0.25) is 0 Å². The zero-order valence-corrected chi connectivity index (χ0v) is 21.9. The molecular weight excluding hydrogens is 475 g/mol. The second kappa shape index (κ2) is 11.4. The average molecular weight is 511 g/mol. The number of benzene rings is 2. The van der Waals surface area contributed by atoms with E-state index < -0.39 is 17.2 Å². The predicted molar refractivity (Wildman–Crippen MR) is 140 cm³/mol. The number of nitrogens with zero attached hydrogens (tertiary/aromatic N) is 1. The van der Waals surface area contributed by atoms with Crippen LogP contribution in [0, 0.1) is 5.82 Å². The van der Waals surface area contributed by atoms with Crippen molar-refractivity contribution in [3.63, 3.8) is 0 Å². The van der Waals surface area contributed by atoms with Crippen LogP contribution in [-0.2, 0) is 11.1 Å². The Morgan fingerprint density at radius 3 is 2.35 bits per heavy atom. The van der Waals surface area contributed by atoms with E-state index in [0.29, 0.717) is 34.0 Å². The number of nitrogens with two attached hydrogens (primary N) is 1. The fourth-order valence-corrected chi connectivity index (χ4v) is 3.75. The zero-order valence-electron chi connectivity index (χ0n) is 21.9. The molecule has 0 saturated carbocycles. The third-order valence-electron chi connectivity index (χ3n) is 6.07.